The van der Waals surface area contributed by atoms with Gasteiger partial charge in [0.15, 0.2) is 5.78 Å². The number of methoxy groups -OCH3 is 1. The summed E-state index contributed by atoms with van der Waals surface area (Å²) < 4.78 is 5.10. The van der Waals surface area contributed by atoms with E-state index in [4.69, 9.17) is 4.74 Å². The van der Waals surface area contributed by atoms with Crippen LogP contribution in [0.15, 0.2) is 55.0 Å². The average molecular weight is 264 g/mol. The molecule has 0 fully saturated rings. The fourth-order valence-corrected chi connectivity index (χ4v) is 2.11. The van der Waals surface area contributed by atoms with E-state index in [1.165, 1.54) is 0 Å². The first kappa shape index (κ1) is 12.3. The lowest BCUT2D eigenvalue weighted by Crippen LogP contribution is -2.03. The number of hydrogen-bond acceptors (Lipinski definition) is 4. The number of carbonyl (C=O) groups excluding carboxylic acids is 1. The summed E-state index contributed by atoms with van der Waals surface area (Å²) in [6.45, 7) is 0. The Balaban J connectivity index is 2.12. The molecule has 2 aromatic heterocycles. The van der Waals surface area contributed by atoms with Crippen molar-refractivity contribution in [2.45, 2.75) is 0 Å². The number of ether oxygens (including phenoxy) is 1. The maximum Gasteiger partial charge on any atom is 0.195 e. The second kappa shape index (κ2) is 5.09. The summed E-state index contributed by atoms with van der Waals surface area (Å²) in [5.41, 5.74) is 1.92. The summed E-state index contributed by atoms with van der Waals surface area (Å²) in [6, 6.07) is 10.9. The zero-order valence-corrected chi connectivity index (χ0v) is 10.9. The number of pyridine rings is 2. The van der Waals surface area contributed by atoms with E-state index >= 15 is 0 Å². The second-order valence-electron chi connectivity index (χ2n) is 4.32. The van der Waals surface area contributed by atoms with E-state index in [0.717, 1.165) is 10.9 Å². The van der Waals surface area contributed by atoms with Gasteiger partial charge in [-0.2, -0.15) is 0 Å². The van der Waals surface area contributed by atoms with E-state index in [1.807, 2.05) is 24.3 Å². The number of nitrogens with zero attached hydrogens (tertiary/aromatic N) is 2. The van der Waals surface area contributed by atoms with E-state index in [9.17, 15) is 4.79 Å². The topological polar surface area (TPSA) is 52.1 Å². The molecule has 0 saturated heterocycles. The molecule has 1 aromatic carbocycles. The van der Waals surface area contributed by atoms with Crippen LogP contribution in [0.3, 0.4) is 0 Å². The smallest absolute Gasteiger partial charge is 0.195 e. The number of fused-ring (bicyclic) bond motifs is 1. The van der Waals surface area contributed by atoms with Crippen LogP contribution in [0.5, 0.6) is 5.75 Å². The van der Waals surface area contributed by atoms with Crippen LogP contribution in [-0.4, -0.2) is 22.9 Å². The van der Waals surface area contributed by atoms with Crippen molar-refractivity contribution < 1.29 is 9.53 Å². The van der Waals surface area contributed by atoms with Gasteiger partial charge in [-0.3, -0.25) is 14.8 Å². The molecule has 98 valence electrons. The molecule has 0 unspecified atom stereocenters. The molecule has 20 heavy (non-hydrogen) atoms. The summed E-state index contributed by atoms with van der Waals surface area (Å²) in [5, 5.41) is 0.836. The zero-order chi connectivity index (χ0) is 13.9. The monoisotopic (exact) mass is 264 g/mol. The largest absolute Gasteiger partial charge is 0.495 e. The zero-order valence-electron chi connectivity index (χ0n) is 10.9. The van der Waals surface area contributed by atoms with E-state index in [-0.39, 0.29) is 5.78 Å². The molecule has 3 rings (SSSR count). The average Bonchev–Trinajstić information content (AvgIpc) is 2.53. The number of rotatable bonds is 3. The molecule has 0 aliphatic rings. The summed E-state index contributed by atoms with van der Waals surface area (Å²) in [6.07, 6.45) is 4.82. The van der Waals surface area contributed by atoms with Gasteiger partial charge in [0.2, 0.25) is 0 Å². The molecule has 0 radical (unpaired) electrons. The van der Waals surface area contributed by atoms with Gasteiger partial charge in [0, 0.05) is 28.9 Å². The Bertz CT molecular complexity index is 779. The number of benzene rings is 1. The minimum absolute atomic E-state index is 0.0880. The predicted octanol–water partition coefficient (Wildman–Crippen LogP) is 2.87. The van der Waals surface area contributed by atoms with Crippen LogP contribution >= 0.6 is 0 Å². The van der Waals surface area contributed by atoms with Gasteiger partial charge >= 0.3 is 0 Å². The SMILES string of the molecule is COc1cncc(C(=O)c2cccc3ncccc23)c1. The van der Waals surface area contributed by atoms with E-state index < -0.39 is 0 Å². The highest BCUT2D eigenvalue weighted by molar-refractivity contribution is 6.15. The van der Waals surface area contributed by atoms with E-state index in [2.05, 4.69) is 9.97 Å². The van der Waals surface area contributed by atoms with E-state index in [0.29, 0.717) is 16.9 Å². The van der Waals surface area contributed by atoms with Crippen molar-refractivity contribution >= 4 is 16.7 Å². The quantitative estimate of drug-likeness (QED) is 0.682. The third kappa shape index (κ3) is 2.12. The molecule has 0 spiro atoms. The van der Waals surface area contributed by atoms with Gasteiger partial charge < -0.3 is 4.74 Å². The lowest BCUT2D eigenvalue weighted by Gasteiger charge is -2.06. The molecule has 3 aromatic rings. The Morgan fingerprint density at radius 3 is 2.90 bits per heavy atom. The molecule has 2 heterocycles. The predicted molar refractivity (Wildman–Crippen MR) is 76.0 cm³/mol. The van der Waals surface area contributed by atoms with Crippen molar-refractivity contribution in [2.75, 3.05) is 7.11 Å². The van der Waals surface area contributed by atoms with Gasteiger partial charge in [0.25, 0.3) is 0 Å². The first-order valence-electron chi connectivity index (χ1n) is 6.17. The van der Waals surface area contributed by atoms with Crippen molar-refractivity contribution in [1.29, 1.82) is 0 Å². The van der Waals surface area contributed by atoms with Crippen LogP contribution < -0.4 is 4.74 Å². The van der Waals surface area contributed by atoms with Crippen molar-refractivity contribution in [3.63, 3.8) is 0 Å². The minimum Gasteiger partial charge on any atom is -0.495 e. The van der Waals surface area contributed by atoms with Gasteiger partial charge in [-0.05, 0) is 18.2 Å². The summed E-state index contributed by atoms with van der Waals surface area (Å²) in [7, 11) is 1.55. The highest BCUT2D eigenvalue weighted by Crippen LogP contribution is 2.21. The third-order valence-corrected chi connectivity index (χ3v) is 3.10. The van der Waals surface area contributed by atoms with Gasteiger partial charge in [0.1, 0.15) is 5.75 Å². The van der Waals surface area contributed by atoms with Gasteiger partial charge in [-0.25, -0.2) is 0 Å². The Hall–Kier alpha value is -2.75. The van der Waals surface area contributed by atoms with Crippen molar-refractivity contribution in [1.82, 2.24) is 9.97 Å². The lowest BCUT2D eigenvalue weighted by molar-refractivity contribution is 0.103. The van der Waals surface area contributed by atoms with Crippen LogP contribution in [0, 0.1) is 0 Å². The Kier molecular flexibility index (Phi) is 3.13. The summed E-state index contributed by atoms with van der Waals surface area (Å²) in [4.78, 5) is 20.9. The molecule has 4 nitrogen and oxygen atoms in total. The number of carbonyl (C=O) groups is 1. The molecule has 0 N–H and O–H groups in total. The highest BCUT2D eigenvalue weighted by atomic mass is 16.5. The maximum absolute atomic E-state index is 12.6. The normalized spacial score (nSPS) is 10.4. The molecule has 0 atom stereocenters. The molecular formula is C16H12N2O2. The molecular weight excluding hydrogens is 252 g/mol. The Morgan fingerprint density at radius 1 is 1.15 bits per heavy atom. The van der Waals surface area contributed by atoms with Gasteiger partial charge in [0.05, 0.1) is 18.8 Å². The molecule has 0 amide bonds. The van der Waals surface area contributed by atoms with E-state index in [1.54, 1.807) is 37.8 Å². The minimum atomic E-state index is -0.0880. The first-order chi connectivity index (χ1) is 9.79. The molecule has 0 saturated carbocycles. The van der Waals surface area contributed by atoms with Crippen LogP contribution in [0.2, 0.25) is 0 Å². The third-order valence-electron chi connectivity index (χ3n) is 3.10. The van der Waals surface area contributed by atoms with Crippen LogP contribution in [0.25, 0.3) is 10.9 Å². The maximum atomic E-state index is 12.6. The lowest BCUT2D eigenvalue weighted by atomic mass is 10.0. The van der Waals surface area contributed by atoms with Crippen molar-refractivity contribution in [3.05, 3.63) is 66.1 Å². The molecule has 0 bridgehead atoms. The van der Waals surface area contributed by atoms with Crippen LogP contribution in [-0.2, 0) is 0 Å². The van der Waals surface area contributed by atoms with Crippen LogP contribution in [0.4, 0.5) is 0 Å². The molecule has 0 aliphatic carbocycles. The number of hydrogen-bond donors (Lipinski definition) is 0. The van der Waals surface area contributed by atoms with Gasteiger partial charge in [-0.1, -0.05) is 18.2 Å². The summed E-state index contributed by atoms with van der Waals surface area (Å²) in [5.74, 6) is 0.476. The molecule has 0 aliphatic heterocycles. The summed E-state index contributed by atoms with van der Waals surface area (Å²) >= 11 is 0. The number of ketones is 1. The molecule has 4 heteroatoms. The fourth-order valence-electron chi connectivity index (χ4n) is 2.11. The second-order valence-corrected chi connectivity index (χ2v) is 4.32. The highest BCUT2D eigenvalue weighted by Gasteiger charge is 2.13. The van der Waals surface area contributed by atoms with Crippen molar-refractivity contribution in [2.24, 2.45) is 0 Å². The van der Waals surface area contributed by atoms with Gasteiger partial charge in [-0.15, -0.1) is 0 Å². The van der Waals surface area contributed by atoms with Crippen LogP contribution in [0.1, 0.15) is 15.9 Å². The Labute approximate surface area is 116 Å². The van der Waals surface area contributed by atoms with Crippen molar-refractivity contribution in [3.8, 4) is 5.75 Å². The standard InChI is InChI=1S/C16H12N2O2/c1-20-12-8-11(9-17-10-12)16(19)14-4-2-6-15-13(14)5-3-7-18-15/h2-10H,1H3. The first-order valence-corrected chi connectivity index (χ1v) is 6.17. The number of aromatic nitrogens is 2. The Morgan fingerprint density at radius 2 is 2.05 bits per heavy atom. The fraction of sp³-hybridized carbons (Fsp3) is 0.0625.